The molecule has 92 valence electrons. The second-order valence-electron chi connectivity index (χ2n) is 4.33. The van der Waals surface area contributed by atoms with Crippen LogP contribution >= 0.6 is 11.6 Å². The molecule has 1 aliphatic rings. The van der Waals surface area contributed by atoms with E-state index in [0.29, 0.717) is 17.1 Å². The van der Waals surface area contributed by atoms with Crippen LogP contribution in [0, 0.1) is 0 Å². The number of amides is 1. The fraction of sp³-hybridized carbons (Fsp3) is 0.462. The van der Waals surface area contributed by atoms with Crippen LogP contribution in [0.25, 0.3) is 0 Å². The third kappa shape index (κ3) is 3.72. The Hall–Kier alpha value is -1.06. The SMILES string of the molecule is O=C(CCN1CCCC1)Nc1ccccc1Cl. The number of likely N-dealkylation sites (tertiary alicyclic amines) is 1. The summed E-state index contributed by atoms with van der Waals surface area (Å²) in [4.78, 5) is 14.1. The summed E-state index contributed by atoms with van der Waals surface area (Å²) in [6.45, 7) is 3.09. The Kier molecular flexibility index (Phi) is 4.40. The highest BCUT2D eigenvalue weighted by Crippen LogP contribution is 2.20. The van der Waals surface area contributed by atoms with Crippen molar-refractivity contribution in [3.05, 3.63) is 29.3 Å². The summed E-state index contributed by atoms with van der Waals surface area (Å²) in [6, 6.07) is 7.30. The van der Waals surface area contributed by atoms with Gasteiger partial charge in [0.25, 0.3) is 0 Å². The fourth-order valence-corrected chi connectivity index (χ4v) is 2.22. The molecule has 1 fully saturated rings. The van der Waals surface area contributed by atoms with Gasteiger partial charge < -0.3 is 10.2 Å². The fourth-order valence-electron chi connectivity index (χ4n) is 2.04. The number of anilines is 1. The van der Waals surface area contributed by atoms with Crippen LogP contribution in [0.4, 0.5) is 5.69 Å². The predicted molar refractivity (Wildman–Crippen MR) is 70.4 cm³/mol. The zero-order valence-electron chi connectivity index (χ0n) is 9.79. The molecule has 0 aromatic heterocycles. The first-order chi connectivity index (χ1) is 8.25. The van der Waals surface area contributed by atoms with E-state index in [9.17, 15) is 4.79 Å². The molecule has 0 radical (unpaired) electrons. The van der Waals surface area contributed by atoms with Crippen molar-refractivity contribution in [2.24, 2.45) is 0 Å². The molecule has 0 aliphatic carbocycles. The van der Waals surface area contributed by atoms with Crippen molar-refractivity contribution in [2.45, 2.75) is 19.3 Å². The van der Waals surface area contributed by atoms with E-state index in [1.54, 1.807) is 6.07 Å². The largest absolute Gasteiger partial charge is 0.325 e. The summed E-state index contributed by atoms with van der Waals surface area (Å²) in [7, 11) is 0. The van der Waals surface area contributed by atoms with Crippen molar-refractivity contribution in [1.82, 2.24) is 4.90 Å². The molecule has 4 heteroatoms. The number of rotatable bonds is 4. The van der Waals surface area contributed by atoms with Crippen LogP contribution < -0.4 is 5.32 Å². The molecular weight excluding hydrogens is 236 g/mol. The van der Waals surface area contributed by atoms with Crippen molar-refractivity contribution in [3.8, 4) is 0 Å². The van der Waals surface area contributed by atoms with Gasteiger partial charge in [0, 0.05) is 13.0 Å². The Morgan fingerprint density at radius 1 is 1.29 bits per heavy atom. The number of hydrogen-bond donors (Lipinski definition) is 1. The average molecular weight is 253 g/mol. The molecule has 17 heavy (non-hydrogen) atoms. The maximum absolute atomic E-state index is 11.7. The Morgan fingerprint density at radius 3 is 2.71 bits per heavy atom. The van der Waals surface area contributed by atoms with Crippen LogP contribution in [-0.4, -0.2) is 30.4 Å². The van der Waals surface area contributed by atoms with E-state index in [0.717, 1.165) is 19.6 Å². The van der Waals surface area contributed by atoms with E-state index < -0.39 is 0 Å². The lowest BCUT2D eigenvalue weighted by Crippen LogP contribution is -2.25. The van der Waals surface area contributed by atoms with Gasteiger partial charge in [0.05, 0.1) is 10.7 Å². The quantitative estimate of drug-likeness (QED) is 0.894. The maximum atomic E-state index is 11.7. The van der Waals surface area contributed by atoms with Crippen molar-refractivity contribution >= 4 is 23.2 Å². The highest BCUT2D eigenvalue weighted by atomic mass is 35.5. The molecule has 1 saturated heterocycles. The van der Waals surface area contributed by atoms with E-state index in [2.05, 4.69) is 10.2 Å². The van der Waals surface area contributed by atoms with Gasteiger partial charge in [-0.1, -0.05) is 23.7 Å². The van der Waals surface area contributed by atoms with Crippen LogP contribution in [0.15, 0.2) is 24.3 Å². The Balaban J connectivity index is 1.79. The summed E-state index contributed by atoms with van der Waals surface area (Å²) in [5, 5.41) is 3.42. The van der Waals surface area contributed by atoms with E-state index in [1.165, 1.54) is 12.8 Å². The zero-order valence-corrected chi connectivity index (χ0v) is 10.5. The van der Waals surface area contributed by atoms with Crippen LogP contribution in [0.2, 0.25) is 5.02 Å². The third-order valence-corrected chi connectivity index (χ3v) is 3.33. The zero-order chi connectivity index (χ0) is 12.1. The van der Waals surface area contributed by atoms with Crippen molar-refractivity contribution < 1.29 is 4.79 Å². The number of carbonyl (C=O) groups excluding carboxylic acids is 1. The van der Waals surface area contributed by atoms with E-state index in [4.69, 9.17) is 11.6 Å². The number of nitrogens with one attached hydrogen (secondary N) is 1. The number of hydrogen-bond acceptors (Lipinski definition) is 2. The van der Waals surface area contributed by atoms with Crippen LogP contribution in [0.3, 0.4) is 0 Å². The van der Waals surface area contributed by atoms with Gasteiger partial charge in [0.2, 0.25) is 5.91 Å². The van der Waals surface area contributed by atoms with Gasteiger partial charge >= 0.3 is 0 Å². The summed E-state index contributed by atoms with van der Waals surface area (Å²) < 4.78 is 0. The first-order valence-electron chi connectivity index (χ1n) is 6.02. The second-order valence-corrected chi connectivity index (χ2v) is 4.73. The van der Waals surface area contributed by atoms with Crippen LogP contribution in [-0.2, 0) is 4.79 Å². The van der Waals surface area contributed by atoms with E-state index in [-0.39, 0.29) is 5.91 Å². The van der Waals surface area contributed by atoms with Crippen LogP contribution in [0.1, 0.15) is 19.3 Å². The van der Waals surface area contributed by atoms with Crippen LogP contribution in [0.5, 0.6) is 0 Å². The molecule has 0 saturated carbocycles. The molecule has 3 nitrogen and oxygen atoms in total. The lowest BCUT2D eigenvalue weighted by atomic mass is 10.3. The number of carbonyl (C=O) groups is 1. The summed E-state index contributed by atoms with van der Waals surface area (Å²) in [5.41, 5.74) is 0.695. The molecule has 1 heterocycles. The van der Waals surface area contributed by atoms with Gasteiger partial charge in [-0.3, -0.25) is 4.79 Å². The molecule has 0 unspecified atom stereocenters. The Bertz CT molecular complexity index is 389. The third-order valence-electron chi connectivity index (χ3n) is 3.00. The Labute approximate surface area is 107 Å². The topological polar surface area (TPSA) is 32.3 Å². The van der Waals surface area contributed by atoms with Gasteiger partial charge in [-0.15, -0.1) is 0 Å². The molecule has 0 atom stereocenters. The lowest BCUT2D eigenvalue weighted by Gasteiger charge is -2.14. The minimum Gasteiger partial charge on any atom is -0.325 e. The van der Waals surface area contributed by atoms with Gasteiger partial charge in [0.1, 0.15) is 0 Å². The van der Waals surface area contributed by atoms with Gasteiger partial charge in [-0.25, -0.2) is 0 Å². The van der Waals surface area contributed by atoms with Crippen molar-refractivity contribution in [2.75, 3.05) is 25.0 Å². The van der Waals surface area contributed by atoms with Gasteiger partial charge in [-0.2, -0.15) is 0 Å². The highest BCUT2D eigenvalue weighted by Gasteiger charge is 2.13. The van der Waals surface area contributed by atoms with Gasteiger partial charge in [0.15, 0.2) is 0 Å². The summed E-state index contributed by atoms with van der Waals surface area (Å²) >= 11 is 5.97. The minimum absolute atomic E-state index is 0.0324. The van der Waals surface area contributed by atoms with E-state index in [1.807, 2.05) is 18.2 Å². The smallest absolute Gasteiger partial charge is 0.225 e. The summed E-state index contributed by atoms with van der Waals surface area (Å²) in [5.74, 6) is 0.0324. The normalized spacial score (nSPS) is 16.1. The summed E-state index contributed by atoms with van der Waals surface area (Å²) in [6.07, 6.45) is 3.05. The van der Waals surface area contributed by atoms with E-state index >= 15 is 0 Å². The number of nitrogens with zero attached hydrogens (tertiary/aromatic N) is 1. The van der Waals surface area contributed by atoms with Gasteiger partial charge in [-0.05, 0) is 38.1 Å². The molecule has 0 spiro atoms. The molecular formula is C13H17ClN2O. The predicted octanol–water partition coefficient (Wildman–Crippen LogP) is 2.76. The first kappa shape index (κ1) is 12.4. The molecule has 1 aliphatic heterocycles. The molecule has 1 aromatic carbocycles. The second kappa shape index (κ2) is 6.03. The number of benzene rings is 1. The molecule has 1 aromatic rings. The molecule has 1 amide bonds. The van der Waals surface area contributed by atoms with Crippen molar-refractivity contribution in [3.63, 3.8) is 0 Å². The molecule has 2 rings (SSSR count). The maximum Gasteiger partial charge on any atom is 0.225 e. The molecule has 1 N–H and O–H groups in total. The lowest BCUT2D eigenvalue weighted by molar-refractivity contribution is -0.116. The monoisotopic (exact) mass is 252 g/mol. The Morgan fingerprint density at radius 2 is 2.00 bits per heavy atom. The number of halogens is 1. The van der Waals surface area contributed by atoms with Crippen molar-refractivity contribution in [1.29, 1.82) is 0 Å². The first-order valence-corrected chi connectivity index (χ1v) is 6.40. The highest BCUT2D eigenvalue weighted by molar-refractivity contribution is 6.33. The molecule has 0 bridgehead atoms. The average Bonchev–Trinajstić information content (AvgIpc) is 2.82. The number of para-hydroxylation sites is 1. The standard InChI is InChI=1S/C13H17ClN2O/c14-11-5-1-2-6-12(11)15-13(17)7-10-16-8-3-4-9-16/h1-2,5-6H,3-4,7-10H2,(H,15,17). The minimum atomic E-state index is 0.0324.